The van der Waals surface area contributed by atoms with E-state index in [1.165, 1.54) is 0 Å². The Labute approximate surface area is 150 Å². The lowest BCUT2D eigenvalue weighted by atomic mass is 10.1. The van der Waals surface area contributed by atoms with Crippen molar-refractivity contribution >= 4 is 34.8 Å². The van der Waals surface area contributed by atoms with E-state index >= 15 is 0 Å². The Hall–Kier alpha value is -0.970. The van der Waals surface area contributed by atoms with Crippen LogP contribution in [0, 0.1) is 0 Å². The topological polar surface area (TPSA) is 30.5 Å². The standard InChI is InChI=1S/C17H16Cl3NO2/c18-13-2-1-3-14(19)12(13)10-23-16-5-4-11(8-15(16)20)17-9-21-6-7-22-17/h1-5,8,17,21H,6-7,9-10H2/t17-/m1/s1. The third-order valence-corrected chi connectivity index (χ3v) is 4.69. The molecule has 0 radical (unpaired) electrons. The lowest BCUT2D eigenvalue weighted by Gasteiger charge is -2.24. The maximum Gasteiger partial charge on any atom is 0.138 e. The second-order valence-electron chi connectivity index (χ2n) is 5.24. The zero-order valence-electron chi connectivity index (χ0n) is 12.3. The predicted molar refractivity (Wildman–Crippen MR) is 93.8 cm³/mol. The average Bonchev–Trinajstić information content (AvgIpc) is 2.56. The van der Waals surface area contributed by atoms with Gasteiger partial charge in [0.05, 0.1) is 17.7 Å². The summed E-state index contributed by atoms with van der Waals surface area (Å²) in [4.78, 5) is 0. The molecule has 1 aliphatic rings. The van der Waals surface area contributed by atoms with Gasteiger partial charge >= 0.3 is 0 Å². The van der Waals surface area contributed by atoms with E-state index in [1.807, 2.05) is 18.2 Å². The van der Waals surface area contributed by atoms with Gasteiger partial charge in [0.2, 0.25) is 0 Å². The minimum atomic E-state index is 0.0216. The largest absolute Gasteiger partial charge is 0.487 e. The maximum atomic E-state index is 6.33. The summed E-state index contributed by atoms with van der Waals surface area (Å²) in [5.74, 6) is 0.593. The highest BCUT2D eigenvalue weighted by molar-refractivity contribution is 6.36. The van der Waals surface area contributed by atoms with Gasteiger partial charge in [0.1, 0.15) is 12.4 Å². The van der Waals surface area contributed by atoms with Crippen LogP contribution in [0.4, 0.5) is 0 Å². The van der Waals surface area contributed by atoms with E-state index in [4.69, 9.17) is 44.3 Å². The van der Waals surface area contributed by atoms with E-state index in [9.17, 15) is 0 Å². The molecule has 3 nitrogen and oxygen atoms in total. The first kappa shape index (κ1) is 16.9. The Kier molecular flexibility index (Phi) is 5.67. The fourth-order valence-electron chi connectivity index (χ4n) is 2.43. The smallest absolute Gasteiger partial charge is 0.138 e. The quantitative estimate of drug-likeness (QED) is 0.829. The van der Waals surface area contributed by atoms with Crippen LogP contribution >= 0.6 is 34.8 Å². The van der Waals surface area contributed by atoms with Crippen LogP contribution in [0.25, 0.3) is 0 Å². The second-order valence-corrected chi connectivity index (χ2v) is 6.46. The molecule has 0 aromatic heterocycles. The predicted octanol–water partition coefficient (Wildman–Crippen LogP) is 4.89. The van der Waals surface area contributed by atoms with Crippen LogP contribution in [-0.4, -0.2) is 19.7 Å². The summed E-state index contributed by atoms with van der Waals surface area (Å²) in [5, 5.41) is 4.99. The number of nitrogens with one attached hydrogen (secondary N) is 1. The molecule has 2 aromatic rings. The molecule has 1 fully saturated rings. The van der Waals surface area contributed by atoms with E-state index in [1.54, 1.807) is 18.2 Å². The highest BCUT2D eigenvalue weighted by Crippen LogP contribution is 2.32. The van der Waals surface area contributed by atoms with E-state index < -0.39 is 0 Å². The van der Waals surface area contributed by atoms with Gasteiger partial charge < -0.3 is 14.8 Å². The number of halogens is 3. The Morgan fingerprint density at radius 3 is 2.52 bits per heavy atom. The molecular formula is C17H16Cl3NO2. The number of hydrogen-bond acceptors (Lipinski definition) is 3. The second kappa shape index (κ2) is 7.73. The first-order chi connectivity index (χ1) is 11.1. The number of hydrogen-bond donors (Lipinski definition) is 1. The van der Waals surface area contributed by atoms with Crippen molar-refractivity contribution in [1.82, 2.24) is 5.32 Å². The zero-order chi connectivity index (χ0) is 16.2. The van der Waals surface area contributed by atoms with E-state index in [2.05, 4.69) is 5.32 Å². The molecule has 1 atom stereocenters. The number of morpholine rings is 1. The molecule has 1 saturated heterocycles. The number of rotatable bonds is 4. The normalized spacial score (nSPS) is 18.0. The van der Waals surface area contributed by atoms with Crippen molar-refractivity contribution < 1.29 is 9.47 Å². The number of ether oxygens (including phenoxy) is 2. The Morgan fingerprint density at radius 1 is 1.09 bits per heavy atom. The van der Waals surface area contributed by atoms with Crippen LogP contribution < -0.4 is 10.1 Å². The Balaban J connectivity index is 1.71. The van der Waals surface area contributed by atoms with Gasteiger partial charge in [0, 0.05) is 28.7 Å². The summed E-state index contributed by atoms with van der Waals surface area (Å²) in [6.45, 7) is 2.63. The highest BCUT2D eigenvalue weighted by atomic mass is 35.5. The number of benzene rings is 2. The SMILES string of the molecule is Clc1cc([C@H]2CNCCO2)ccc1OCc1c(Cl)cccc1Cl. The van der Waals surface area contributed by atoms with Crippen LogP contribution in [0.3, 0.4) is 0 Å². The monoisotopic (exact) mass is 371 g/mol. The molecule has 122 valence electrons. The molecule has 0 amide bonds. The van der Waals surface area contributed by atoms with Gasteiger partial charge in [0.25, 0.3) is 0 Å². The van der Waals surface area contributed by atoms with Gasteiger partial charge in [-0.2, -0.15) is 0 Å². The van der Waals surface area contributed by atoms with Gasteiger partial charge in [-0.1, -0.05) is 46.9 Å². The molecule has 23 heavy (non-hydrogen) atoms. The Morgan fingerprint density at radius 2 is 1.87 bits per heavy atom. The minimum absolute atomic E-state index is 0.0216. The fraction of sp³-hybridized carbons (Fsp3) is 0.294. The van der Waals surface area contributed by atoms with Gasteiger partial charge in [0.15, 0.2) is 0 Å². The highest BCUT2D eigenvalue weighted by Gasteiger charge is 2.17. The molecule has 3 rings (SSSR count). The van der Waals surface area contributed by atoms with Gasteiger partial charge in [-0.3, -0.25) is 0 Å². The van der Waals surface area contributed by atoms with Crippen LogP contribution in [0.15, 0.2) is 36.4 Å². The summed E-state index contributed by atoms with van der Waals surface area (Å²) in [7, 11) is 0. The van der Waals surface area contributed by atoms with E-state index in [0.717, 1.165) is 24.2 Å². The van der Waals surface area contributed by atoms with Crippen LogP contribution in [-0.2, 0) is 11.3 Å². The summed E-state index contributed by atoms with van der Waals surface area (Å²) in [6, 6.07) is 11.1. The molecular weight excluding hydrogens is 357 g/mol. The van der Waals surface area contributed by atoms with Gasteiger partial charge in [-0.25, -0.2) is 0 Å². The molecule has 1 aliphatic heterocycles. The van der Waals surface area contributed by atoms with Crippen LogP contribution in [0.1, 0.15) is 17.2 Å². The third kappa shape index (κ3) is 4.11. The van der Waals surface area contributed by atoms with Gasteiger partial charge in [-0.15, -0.1) is 0 Å². The van der Waals surface area contributed by atoms with Crippen LogP contribution in [0.5, 0.6) is 5.75 Å². The summed E-state index contributed by atoms with van der Waals surface area (Å²) < 4.78 is 11.5. The molecule has 0 aliphatic carbocycles. The lowest BCUT2D eigenvalue weighted by Crippen LogP contribution is -2.33. The first-order valence-corrected chi connectivity index (χ1v) is 8.46. The third-order valence-electron chi connectivity index (χ3n) is 3.69. The van der Waals surface area contributed by atoms with Crippen molar-refractivity contribution in [3.63, 3.8) is 0 Å². The average molecular weight is 373 g/mol. The van der Waals surface area contributed by atoms with Crippen molar-refractivity contribution in [2.24, 2.45) is 0 Å². The van der Waals surface area contributed by atoms with Gasteiger partial charge in [-0.05, 0) is 29.8 Å². The van der Waals surface area contributed by atoms with Crippen molar-refractivity contribution in [3.8, 4) is 5.75 Å². The van der Waals surface area contributed by atoms with Crippen LogP contribution in [0.2, 0.25) is 15.1 Å². The fourth-order valence-corrected chi connectivity index (χ4v) is 3.18. The lowest BCUT2D eigenvalue weighted by molar-refractivity contribution is 0.0277. The van der Waals surface area contributed by atoms with Crippen molar-refractivity contribution in [3.05, 3.63) is 62.6 Å². The maximum absolute atomic E-state index is 6.33. The molecule has 0 unspecified atom stereocenters. The van der Waals surface area contributed by atoms with E-state index in [-0.39, 0.29) is 12.7 Å². The molecule has 1 heterocycles. The molecule has 0 bridgehead atoms. The van der Waals surface area contributed by atoms with Crippen molar-refractivity contribution in [2.45, 2.75) is 12.7 Å². The summed E-state index contributed by atoms with van der Waals surface area (Å²) in [6.07, 6.45) is 0.0216. The van der Waals surface area contributed by atoms with Crippen molar-refractivity contribution in [2.75, 3.05) is 19.7 Å². The minimum Gasteiger partial charge on any atom is -0.487 e. The summed E-state index contributed by atoms with van der Waals surface area (Å²) in [5.41, 5.74) is 1.78. The molecule has 2 aromatic carbocycles. The molecule has 0 saturated carbocycles. The molecule has 0 spiro atoms. The summed E-state index contributed by atoms with van der Waals surface area (Å²) >= 11 is 18.6. The molecule has 1 N–H and O–H groups in total. The van der Waals surface area contributed by atoms with Crippen molar-refractivity contribution in [1.29, 1.82) is 0 Å². The first-order valence-electron chi connectivity index (χ1n) is 7.32. The molecule has 6 heteroatoms. The van der Waals surface area contributed by atoms with E-state index in [0.29, 0.717) is 27.4 Å². The Bertz CT molecular complexity index is 667. The zero-order valence-corrected chi connectivity index (χ0v) is 14.6.